The standard InChI is InChI=1S/C11H18F2N2O/c1-3-14-6-9-4-5-10(16-9)7-15(2)8-11(12)13/h4-5,11,14H,3,6-8H2,1-2H3. The molecule has 0 aromatic carbocycles. The Balaban J connectivity index is 2.39. The van der Waals surface area contributed by atoms with E-state index in [0.717, 1.165) is 18.1 Å². The van der Waals surface area contributed by atoms with Gasteiger partial charge in [0.05, 0.1) is 19.6 Å². The topological polar surface area (TPSA) is 28.4 Å². The maximum atomic E-state index is 12.1. The summed E-state index contributed by atoms with van der Waals surface area (Å²) in [7, 11) is 1.65. The van der Waals surface area contributed by atoms with Crippen molar-refractivity contribution in [2.24, 2.45) is 0 Å². The first-order chi connectivity index (χ1) is 7.61. The third-order valence-electron chi connectivity index (χ3n) is 2.14. The van der Waals surface area contributed by atoms with Gasteiger partial charge in [0.15, 0.2) is 0 Å². The quantitative estimate of drug-likeness (QED) is 0.780. The SMILES string of the molecule is CCNCc1ccc(CN(C)CC(F)F)o1. The molecule has 0 spiro atoms. The maximum Gasteiger partial charge on any atom is 0.251 e. The Hall–Kier alpha value is -0.940. The summed E-state index contributed by atoms with van der Waals surface area (Å²) < 4.78 is 29.6. The fourth-order valence-corrected chi connectivity index (χ4v) is 1.42. The first-order valence-electron chi connectivity index (χ1n) is 5.36. The van der Waals surface area contributed by atoms with Crippen molar-refractivity contribution in [3.63, 3.8) is 0 Å². The summed E-state index contributed by atoms with van der Waals surface area (Å²) in [4.78, 5) is 1.54. The highest BCUT2D eigenvalue weighted by atomic mass is 19.3. The number of furan rings is 1. The van der Waals surface area contributed by atoms with Gasteiger partial charge in [-0.1, -0.05) is 6.92 Å². The van der Waals surface area contributed by atoms with Gasteiger partial charge in [-0.3, -0.25) is 4.90 Å². The minimum atomic E-state index is -2.30. The molecule has 0 aliphatic rings. The fraction of sp³-hybridized carbons (Fsp3) is 0.636. The van der Waals surface area contributed by atoms with Crippen LogP contribution in [0, 0.1) is 0 Å². The molecule has 1 aromatic heterocycles. The van der Waals surface area contributed by atoms with Gasteiger partial charge in [0.25, 0.3) is 6.43 Å². The van der Waals surface area contributed by atoms with E-state index in [1.807, 2.05) is 19.1 Å². The normalized spacial score (nSPS) is 11.6. The molecule has 1 rings (SSSR count). The molecule has 0 saturated carbocycles. The van der Waals surface area contributed by atoms with Crippen LogP contribution in [0.3, 0.4) is 0 Å². The lowest BCUT2D eigenvalue weighted by atomic mass is 10.4. The molecule has 0 atom stereocenters. The summed E-state index contributed by atoms with van der Waals surface area (Å²) in [5.41, 5.74) is 0. The minimum absolute atomic E-state index is 0.233. The van der Waals surface area contributed by atoms with E-state index in [1.165, 1.54) is 0 Å². The van der Waals surface area contributed by atoms with Gasteiger partial charge in [0.2, 0.25) is 0 Å². The zero-order valence-corrected chi connectivity index (χ0v) is 9.67. The van der Waals surface area contributed by atoms with Crippen molar-refractivity contribution in [3.05, 3.63) is 23.7 Å². The highest BCUT2D eigenvalue weighted by molar-refractivity contribution is 5.06. The molecule has 0 saturated heterocycles. The van der Waals surface area contributed by atoms with Gasteiger partial charge < -0.3 is 9.73 Å². The molecular weight excluding hydrogens is 214 g/mol. The second-order valence-corrected chi connectivity index (χ2v) is 3.74. The summed E-state index contributed by atoms with van der Waals surface area (Å²) in [6.45, 7) is 3.75. The van der Waals surface area contributed by atoms with E-state index >= 15 is 0 Å². The van der Waals surface area contributed by atoms with Gasteiger partial charge in [0, 0.05) is 0 Å². The Labute approximate surface area is 94.4 Å². The molecule has 5 heteroatoms. The van der Waals surface area contributed by atoms with Crippen LogP contribution in [0.2, 0.25) is 0 Å². The van der Waals surface area contributed by atoms with Crippen molar-refractivity contribution < 1.29 is 13.2 Å². The van der Waals surface area contributed by atoms with Crippen LogP contribution in [-0.2, 0) is 13.1 Å². The fourth-order valence-electron chi connectivity index (χ4n) is 1.42. The summed E-state index contributed by atoms with van der Waals surface area (Å²) >= 11 is 0. The van der Waals surface area contributed by atoms with Crippen LogP contribution < -0.4 is 5.32 Å². The molecule has 92 valence electrons. The van der Waals surface area contributed by atoms with E-state index in [4.69, 9.17) is 4.42 Å². The van der Waals surface area contributed by atoms with Crippen LogP contribution in [0.1, 0.15) is 18.4 Å². The summed E-state index contributed by atoms with van der Waals surface area (Å²) in [5.74, 6) is 1.55. The van der Waals surface area contributed by atoms with E-state index in [1.54, 1.807) is 11.9 Å². The average molecular weight is 232 g/mol. The summed E-state index contributed by atoms with van der Waals surface area (Å²) in [6, 6.07) is 3.70. The van der Waals surface area contributed by atoms with E-state index < -0.39 is 6.43 Å². The minimum Gasteiger partial charge on any atom is -0.463 e. The van der Waals surface area contributed by atoms with Gasteiger partial charge in [-0.25, -0.2) is 8.78 Å². The van der Waals surface area contributed by atoms with Crippen molar-refractivity contribution in [1.29, 1.82) is 0 Å². The zero-order chi connectivity index (χ0) is 12.0. The van der Waals surface area contributed by atoms with E-state index in [0.29, 0.717) is 13.1 Å². The predicted molar refractivity (Wildman–Crippen MR) is 58.4 cm³/mol. The second kappa shape index (κ2) is 6.60. The Morgan fingerprint density at radius 2 is 2.06 bits per heavy atom. The maximum absolute atomic E-state index is 12.1. The second-order valence-electron chi connectivity index (χ2n) is 3.74. The number of nitrogens with zero attached hydrogens (tertiary/aromatic N) is 1. The lowest BCUT2D eigenvalue weighted by Gasteiger charge is -2.13. The average Bonchev–Trinajstić information content (AvgIpc) is 2.61. The molecule has 1 aromatic rings. The number of rotatable bonds is 7. The molecule has 0 aliphatic carbocycles. The Morgan fingerprint density at radius 1 is 1.38 bits per heavy atom. The van der Waals surface area contributed by atoms with Crippen LogP contribution in [0.15, 0.2) is 16.5 Å². The smallest absolute Gasteiger partial charge is 0.251 e. The van der Waals surface area contributed by atoms with Crippen LogP contribution in [0.5, 0.6) is 0 Å². The van der Waals surface area contributed by atoms with Crippen molar-refractivity contribution in [3.8, 4) is 0 Å². The van der Waals surface area contributed by atoms with Gasteiger partial charge in [-0.2, -0.15) is 0 Å². The third kappa shape index (κ3) is 4.72. The molecule has 0 unspecified atom stereocenters. The molecule has 0 fully saturated rings. The Bertz CT molecular complexity index is 302. The molecule has 0 bridgehead atoms. The zero-order valence-electron chi connectivity index (χ0n) is 9.67. The Kier molecular flexibility index (Phi) is 5.42. The first kappa shape index (κ1) is 13.1. The van der Waals surface area contributed by atoms with Crippen LogP contribution in [-0.4, -0.2) is 31.5 Å². The highest BCUT2D eigenvalue weighted by Crippen LogP contribution is 2.10. The van der Waals surface area contributed by atoms with Crippen LogP contribution in [0.4, 0.5) is 8.78 Å². The van der Waals surface area contributed by atoms with E-state index in [-0.39, 0.29) is 6.54 Å². The lowest BCUT2D eigenvalue weighted by Crippen LogP contribution is -2.23. The van der Waals surface area contributed by atoms with Gasteiger partial charge in [0.1, 0.15) is 11.5 Å². The molecule has 3 nitrogen and oxygen atoms in total. The molecule has 0 aliphatic heterocycles. The van der Waals surface area contributed by atoms with Crippen molar-refractivity contribution in [2.45, 2.75) is 26.4 Å². The van der Waals surface area contributed by atoms with Crippen molar-refractivity contribution in [2.75, 3.05) is 20.1 Å². The summed E-state index contributed by atoms with van der Waals surface area (Å²) in [6.07, 6.45) is -2.30. The predicted octanol–water partition coefficient (Wildman–Crippen LogP) is 2.09. The molecule has 1 heterocycles. The van der Waals surface area contributed by atoms with Gasteiger partial charge >= 0.3 is 0 Å². The highest BCUT2D eigenvalue weighted by Gasteiger charge is 2.10. The monoisotopic (exact) mass is 232 g/mol. The molecule has 0 amide bonds. The molecule has 0 radical (unpaired) electrons. The largest absolute Gasteiger partial charge is 0.463 e. The number of nitrogens with one attached hydrogen (secondary N) is 1. The van der Waals surface area contributed by atoms with E-state index in [2.05, 4.69) is 5.32 Å². The van der Waals surface area contributed by atoms with E-state index in [9.17, 15) is 8.78 Å². The Morgan fingerprint density at radius 3 is 2.69 bits per heavy atom. The number of hydrogen-bond donors (Lipinski definition) is 1. The van der Waals surface area contributed by atoms with Gasteiger partial charge in [-0.15, -0.1) is 0 Å². The number of halogens is 2. The summed E-state index contributed by atoms with van der Waals surface area (Å²) in [5, 5.41) is 3.14. The molecular formula is C11H18F2N2O. The third-order valence-corrected chi connectivity index (χ3v) is 2.14. The lowest BCUT2D eigenvalue weighted by molar-refractivity contribution is 0.0944. The molecule has 16 heavy (non-hydrogen) atoms. The first-order valence-corrected chi connectivity index (χ1v) is 5.36. The number of hydrogen-bond acceptors (Lipinski definition) is 3. The van der Waals surface area contributed by atoms with Crippen molar-refractivity contribution in [1.82, 2.24) is 10.2 Å². The van der Waals surface area contributed by atoms with Gasteiger partial charge in [-0.05, 0) is 25.7 Å². The molecule has 1 N–H and O–H groups in total. The van der Waals surface area contributed by atoms with Crippen molar-refractivity contribution >= 4 is 0 Å². The van der Waals surface area contributed by atoms with Crippen LogP contribution >= 0.6 is 0 Å². The number of alkyl halides is 2. The van der Waals surface area contributed by atoms with Crippen LogP contribution in [0.25, 0.3) is 0 Å².